The molecular weight excluding hydrogens is 833 g/mol. The number of methoxy groups -OCH3 is 2. The molecule has 2 heterocycles. The number of hydrogen-bond acceptors (Lipinski definition) is 8. The summed E-state index contributed by atoms with van der Waals surface area (Å²) < 4.78 is 33.2. The molecule has 7 aromatic carbocycles. The van der Waals surface area contributed by atoms with Crippen LogP contribution >= 0.6 is 0 Å². The van der Waals surface area contributed by atoms with Gasteiger partial charge in [-0.25, -0.2) is 4.79 Å². The van der Waals surface area contributed by atoms with Crippen LogP contribution in [0.15, 0.2) is 149 Å². The lowest BCUT2D eigenvalue weighted by atomic mass is 9.80. The maximum Gasteiger partial charge on any atom is 0.330 e. The first-order chi connectivity index (χ1) is 31.2. The van der Waals surface area contributed by atoms with Crippen LogP contribution in [0.4, 0.5) is 0 Å². The number of nitrogens with one attached hydrogen (secondary N) is 1. The van der Waals surface area contributed by atoms with Crippen LogP contribution in [0.2, 0.25) is 18.1 Å². The smallest absolute Gasteiger partial charge is 0.330 e. The van der Waals surface area contributed by atoms with Crippen LogP contribution in [0.25, 0.3) is 32.3 Å². The van der Waals surface area contributed by atoms with Gasteiger partial charge in [0.15, 0.2) is 14.5 Å². The minimum atomic E-state index is -2.63. The maximum absolute atomic E-state index is 13.9. The van der Waals surface area contributed by atoms with E-state index in [0.717, 1.165) is 54.6 Å². The Morgan fingerprint density at radius 3 is 1.85 bits per heavy atom. The minimum Gasteiger partial charge on any atom is -0.497 e. The SMILES string of the molecule is COc1ccc(C(OC[C@H]2O[C@@H](n3cc(C#Cc4ccc5ccc6cccc7ccc4c5c67)c(=O)[nH]c3=O)[C@H](O[Si](C)(C)C(C)(C)C)[C@@H]2O)(c2ccccc2)c2ccc(OC)cc2)cc1. The van der Waals surface area contributed by atoms with Crippen LogP contribution in [-0.2, 0) is 19.5 Å². The summed E-state index contributed by atoms with van der Waals surface area (Å²) in [6.07, 6.45) is -2.99. The molecule has 11 heteroatoms. The van der Waals surface area contributed by atoms with Crippen molar-refractivity contribution in [3.05, 3.63) is 188 Å². The number of nitrogens with zero attached hydrogens (tertiary/aromatic N) is 1. The number of aliphatic hydroxyl groups excluding tert-OH is 1. The van der Waals surface area contributed by atoms with E-state index >= 15 is 0 Å². The first-order valence-corrected chi connectivity index (χ1v) is 24.7. The second-order valence-electron chi connectivity index (χ2n) is 18.1. The minimum absolute atomic E-state index is 0.0567. The Morgan fingerprint density at radius 2 is 1.25 bits per heavy atom. The van der Waals surface area contributed by atoms with E-state index in [1.165, 1.54) is 10.8 Å². The van der Waals surface area contributed by atoms with Crippen molar-refractivity contribution in [1.82, 2.24) is 9.55 Å². The predicted octanol–water partition coefficient (Wildman–Crippen LogP) is 9.51. The van der Waals surface area contributed by atoms with Crippen LogP contribution in [0.3, 0.4) is 0 Å². The molecule has 0 radical (unpaired) electrons. The Morgan fingerprint density at radius 1 is 0.692 bits per heavy atom. The molecule has 10 nitrogen and oxygen atoms in total. The second kappa shape index (κ2) is 17.1. The van der Waals surface area contributed by atoms with Crippen molar-refractivity contribution in [2.75, 3.05) is 20.8 Å². The highest BCUT2D eigenvalue weighted by molar-refractivity contribution is 6.74. The summed E-state index contributed by atoms with van der Waals surface area (Å²) in [4.78, 5) is 29.9. The summed E-state index contributed by atoms with van der Waals surface area (Å²) in [5.74, 6) is 7.68. The summed E-state index contributed by atoms with van der Waals surface area (Å²) in [6, 6.07) is 43.8. The highest BCUT2D eigenvalue weighted by atomic mass is 28.4. The quantitative estimate of drug-likeness (QED) is 0.0571. The molecule has 0 saturated carbocycles. The van der Waals surface area contributed by atoms with Gasteiger partial charge in [0, 0.05) is 11.8 Å². The number of aromatic amines is 1. The molecule has 1 aromatic heterocycles. The average molecular weight is 885 g/mol. The lowest BCUT2D eigenvalue weighted by Crippen LogP contribution is -2.50. The zero-order valence-electron chi connectivity index (χ0n) is 37.5. The number of H-pyrrole nitrogens is 1. The fraction of sp³-hybridized carbons (Fsp3) is 0.259. The Kier molecular flexibility index (Phi) is 11.5. The van der Waals surface area contributed by atoms with Crippen LogP contribution in [-0.4, -0.2) is 62.1 Å². The van der Waals surface area contributed by atoms with Gasteiger partial charge in [-0.2, -0.15) is 0 Å². The zero-order valence-corrected chi connectivity index (χ0v) is 38.5. The van der Waals surface area contributed by atoms with Gasteiger partial charge in [-0.15, -0.1) is 0 Å². The highest BCUT2D eigenvalue weighted by Crippen LogP contribution is 2.45. The molecular formula is C54H52N2O8Si. The van der Waals surface area contributed by atoms with E-state index < -0.39 is 49.7 Å². The molecule has 2 N–H and O–H groups in total. The van der Waals surface area contributed by atoms with Gasteiger partial charge in [0.2, 0.25) is 0 Å². The van der Waals surface area contributed by atoms with E-state index in [2.05, 4.69) is 93.2 Å². The van der Waals surface area contributed by atoms with Crippen molar-refractivity contribution in [2.45, 2.75) is 69.0 Å². The standard InChI is InChI=1S/C54H52N2O8Si/c1-53(2,3)65(6,7)64-49-48(57)45(33-62-54(39-14-9-8-10-15-39,40-23-27-42(60-4)28-24-40)41-25-29-43(61-5)30-26-41)63-51(49)56-32-38(50(58)55-52(56)59)21-17-34-16-18-37-20-19-35-12-11-13-36-22-31-44(34)47(37)46(35)36/h8-16,18-20,22-32,45,48-49,51,57H,33H2,1-7H3,(H,55,58,59)/t45-,48-,49-,51-/m1/s1. The molecule has 1 fully saturated rings. The highest BCUT2D eigenvalue weighted by Gasteiger charge is 2.52. The monoisotopic (exact) mass is 884 g/mol. The van der Waals surface area contributed by atoms with E-state index in [0.29, 0.717) is 11.5 Å². The normalized spacial score (nSPS) is 18.0. The molecule has 0 amide bonds. The number of hydrogen-bond donors (Lipinski definition) is 2. The molecule has 1 aliphatic heterocycles. The maximum atomic E-state index is 13.9. The van der Waals surface area contributed by atoms with Crippen LogP contribution in [0.5, 0.6) is 11.5 Å². The Labute approximate surface area is 378 Å². The second-order valence-corrected chi connectivity index (χ2v) is 22.9. The molecule has 330 valence electrons. The molecule has 0 aliphatic carbocycles. The van der Waals surface area contributed by atoms with Gasteiger partial charge in [-0.3, -0.25) is 14.3 Å². The fourth-order valence-corrected chi connectivity index (χ4v) is 10.0. The molecule has 8 aromatic rings. The predicted molar refractivity (Wildman–Crippen MR) is 258 cm³/mol. The lowest BCUT2D eigenvalue weighted by Gasteiger charge is -2.40. The van der Waals surface area contributed by atoms with E-state index in [1.807, 2.05) is 91.0 Å². The molecule has 1 saturated heterocycles. The molecule has 65 heavy (non-hydrogen) atoms. The third-order valence-electron chi connectivity index (χ3n) is 13.3. The number of benzene rings is 7. The van der Waals surface area contributed by atoms with E-state index in [1.54, 1.807) is 14.2 Å². The fourth-order valence-electron chi connectivity index (χ4n) is 8.75. The number of aromatic nitrogens is 2. The van der Waals surface area contributed by atoms with Gasteiger partial charge in [0.05, 0.1) is 20.8 Å². The van der Waals surface area contributed by atoms with Crippen molar-refractivity contribution < 1.29 is 28.5 Å². The van der Waals surface area contributed by atoms with Crippen molar-refractivity contribution in [1.29, 1.82) is 0 Å². The summed E-state index contributed by atoms with van der Waals surface area (Å²) in [5, 5.41) is 18.7. The number of rotatable bonds is 11. The molecule has 0 bridgehead atoms. The lowest BCUT2D eigenvalue weighted by molar-refractivity contribution is -0.0956. The molecule has 0 spiro atoms. The molecule has 1 aliphatic rings. The van der Waals surface area contributed by atoms with Crippen molar-refractivity contribution in [3.8, 4) is 23.3 Å². The summed E-state index contributed by atoms with van der Waals surface area (Å²) in [5.41, 5.74) is 0.672. The van der Waals surface area contributed by atoms with Crippen molar-refractivity contribution in [2.24, 2.45) is 0 Å². The van der Waals surface area contributed by atoms with Crippen LogP contribution < -0.4 is 20.7 Å². The summed E-state index contributed by atoms with van der Waals surface area (Å²) in [7, 11) is 0.611. The topological polar surface area (TPSA) is 121 Å². The third-order valence-corrected chi connectivity index (χ3v) is 17.8. The Hall–Kier alpha value is -6.52. The average Bonchev–Trinajstić information content (AvgIpc) is 3.61. The van der Waals surface area contributed by atoms with Crippen LogP contribution in [0, 0.1) is 11.8 Å². The number of aliphatic hydroxyl groups is 1. The Bertz CT molecular complexity index is 3120. The van der Waals surface area contributed by atoms with E-state index in [4.69, 9.17) is 23.4 Å². The molecule has 9 rings (SSSR count). The summed E-state index contributed by atoms with van der Waals surface area (Å²) >= 11 is 0. The Balaban J connectivity index is 1.11. The first-order valence-electron chi connectivity index (χ1n) is 21.8. The van der Waals surface area contributed by atoms with Gasteiger partial charge in [-0.05, 0) is 97.5 Å². The van der Waals surface area contributed by atoms with Crippen molar-refractivity contribution >= 4 is 40.6 Å². The van der Waals surface area contributed by atoms with Gasteiger partial charge in [-0.1, -0.05) is 136 Å². The largest absolute Gasteiger partial charge is 0.497 e. The van der Waals surface area contributed by atoms with Crippen molar-refractivity contribution in [3.63, 3.8) is 0 Å². The molecule has 0 unspecified atom stereocenters. The van der Waals surface area contributed by atoms with Gasteiger partial charge < -0.3 is 28.5 Å². The summed E-state index contributed by atoms with van der Waals surface area (Å²) in [6.45, 7) is 10.4. The van der Waals surface area contributed by atoms with Gasteiger partial charge in [0.25, 0.3) is 5.56 Å². The molecule has 4 atom stereocenters. The van der Waals surface area contributed by atoms with E-state index in [9.17, 15) is 14.7 Å². The van der Waals surface area contributed by atoms with Crippen LogP contribution in [0.1, 0.15) is 54.8 Å². The number of ether oxygens (including phenoxy) is 4. The first kappa shape index (κ1) is 43.7. The van der Waals surface area contributed by atoms with Gasteiger partial charge in [0.1, 0.15) is 41.0 Å². The van der Waals surface area contributed by atoms with Gasteiger partial charge >= 0.3 is 5.69 Å². The third kappa shape index (κ3) is 7.92. The zero-order chi connectivity index (χ0) is 45.7. The van der Waals surface area contributed by atoms with E-state index in [-0.39, 0.29) is 17.2 Å².